The number of allylic oxidation sites excluding steroid dienone is 12. The molecule has 0 saturated carbocycles. The Balaban J connectivity index is 4.24. The van der Waals surface area contributed by atoms with Crippen molar-refractivity contribution in [2.45, 2.75) is 200 Å². The first-order chi connectivity index (χ1) is 29.6. The zero-order valence-corrected chi connectivity index (χ0v) is 41.0. The number of carbonyl (C=O) groups excluding carboxylic acids is 1. The van der Waals surface area contributed by atoms with Crippen LogP contribution in [0, 0.1) is 0 Å². The molecule has 1 N–H and O–H groups in total. The number of rotatable bonds is 45. The third kappa shape index (κ3) is 48.8. The van der Waals surface area contributed by atoms with Crippen molar-refractivity contribution in [2.75, 3.05) is 54.1 Å². The Bertz CT molecular complexity index is 1200. The number of ether oxygens (including phenoxy) is 2. The minimum Gasteiger partial charge on any atom is -0.457 e. The summed E-state index contributed by atoms with van der Waals surface area (Å²) in [7, 11) is 1.64. The van der Waals surface area contributed by atoms with Crippen LogP contribution in [0.25, 0.3) is 0 Å². The monoisotopic (exact) mass is 877 g/mol. The van der Waals surface area contributed by atoms with Crippen LogP contribution in [0.15, 0.2) is 72.9 Å². The van der Waals surface area contributed by atoms with Gasteiger partial charge in [0, 0.05) is 13.0 Å². The Kier molecular flexibility index (Phi) is 43.0. The molecule has 0 amide bonds. The molecule has 0 saturated heterocycles. The Labute approximate surface area is 376 Å². The fraction of sp³-hybridized carbons (Fsp3) is 0.750. The Hall–Kier alpha value is -2.06. The highest BCUT2D eigenvalue weighted by Crippen LogP contribution is 2.43. The molecular weight excluding hydrogens is 782 g/mol. The number of hydrogen-bond donors (Lipinski definition) is 1. The topological polar surface area (TPSA) is 91.3 Å². The van der Waals surface area contributed by atoms with E-state index in [9.17, 15) is 14.3 Å². The predicted octanol–water partition coefficient (Wildman–Crippen LogP) is 15.1. The van der Waals surface area contributed by atoms with E-state index in [2.05, 4.69) is 86.8 Å². The average molecular weight is 877 g/mol. The molecule has 0 radical (unpaired) electrons. The molecule has 2 unspecified atom stereocenters. The minimum atomic E-state index is -4.29. The fourth-order valence-electron chi connectivity index (χ4n) is 6.50. The van der Waals surface area contributed by atoms with Crippen LogP contribution in [0.3, 0.4) is 0 Å². The summed E-state index contributed by atoms with van der Waals surface area (Å²) in [6.07, 6.45) is 58.0. The van der Waals surface area contributed by atoms with Crippen molar-refractivity contribution in [1.29, 1.82) is 0 Å². The number of nitrogens with zero attached hydrogens (tertiary/aromatic N) is 1. The molecule has 0 aromatic carbocycles. The third-order valence-corrected chi connectivity index (χ3v) is 11.3. The molecule has 61 heavy (non-hydrogen) atoms. The quantitative estimate of drug-likeness (QED) is 0.0214. The van der Waals surface area contributed by atoms with Crippen molar-refractivity contribution in [3.63, 3.8) is 0 Å². The van der Waals surface area contributed by atoms with Gasteiger partial charge in [-0.2, -0.15) is 0 Å². The standard InChI is InChI=1S/C52H94NO7P/c1-6-8-10-12-14-16-18-20-22-24-25-26-27-28-29-30-31-33-35-37-39-41-43-45-52(54)60-51(50-59-61(55,56)58-48-46-53(3,4)5)49-57-47-44-42-40-38-36-34-32-23-21-19-17-15-13-11-9-7-2/h8,10,14,16,20,22,25-26,28-29,31,33,51H,6-7,9,11-13,15,17-19,21,23-24,27,30,32,34-50H2,1-5H3/p+1/b10-8-,16-14-,22-20-,26-25-,29-28-,33-31-. The van der Waals surface area contributed by atoms with Gasteiger partial charge in [0.1, 0.15) is 19.3 Å². The number of quaternary nitrogens is 1. The summed E-state index contributed by atoms with van der Waals surface area (Å²) in [5.41, 5.74) is 0. The molecule has 0 heterocycles. The average Bonchev–Trinajstić information content (AvgIpc) is 3.22. The lowest BCUT2D eigenvalue weighted by Gasteiger charge is -2.24. The number of hydrogen-bond acceptors (Lipinski definition) is 6. The highest BCUT2D eigenvalue weighted by Gasteiger charge is 2.26. The van der Waals surface area contributed by atoms with Crippen LogP contribution >= 0.6 is 7.82 Å². The SMILES string of the molecule is CC/C=C\C/C=C\C/C=C\C/C=C\C/C=C\C/C=C\CCCCCCC(=O)OC(COCCCCCCCCCCCCCCCCCC)COP(=O)(O)OCC[N+](C)(C)C. The summed E-state index contributed by atoms with van der Waals surface area (Å²) in [4.78, 5) is 23.0. The van der Waals surface area contributed by atoms with Gasteiger partial charge in [-0.25, -0.2) is 4.57 Å². The van der Waals surface area contributed by atoms with Crippen LogP contribution in [0.1, 0.15) is 194 Å². The number of unbranched alkanes of at least 4 members (excludes halogenated alkanes) is 19. The zero-order chi connectivity index (χ0) is 44.8. The largest absolute Gasteiger partial charge is 0.472 e. The van der Waals surface area contributed by atoms with Crippen LogP contribution in [-0.4, -0.2) is 75.6 Å². The smallest absolute Gasteiger partial charge is 0.457 e. The molecule has 0 aromatic heterocycles. The summed E-state index contributed by atoms with van der Waals surface area (Å²) in [5.74, 6) is -0.338. The van der Waals surface area contributed by atoms with E-state index in [1.54, 1.807) is 0 Å². The van der Waals surface area contributed by atoms with Crippen molar-refractivity contribution in [3.05, 3.63) is 72.9 Å². The number of esters is 1. The van der Waals surface area contributed by atoms with Gasteiger partial charge in [0.05, 0.1) is 34.4 Å². The van der Waals surface area contributed by atoms with E-state index >= 15 is 0 Å². The van der Waals surface area contributed by atoms with Gasteiger partial charge in [0.25, 0.3) is 0 Å². The van der Waals surface area contributed by atoms with Crippen molar-refractivity contribution < 1.29 is 37.3 Å². The molecule has 0 rings (SSSR count). The lowest BCUT2D eigenvalue weighted by molar-refractivity contribution is -0.870. The minimum absolute atomic E-state index is 0.0809. The van der Waals surface area contributed by atoms with Gasteiger partial charge in [-0.05, 0) is 64.2 Å². The number of phosphoric acid groups is 1. The maximum absolute atomic E-state index is 12.7. The van der Waals surface area contributed by atoms with Crippen LogP contribution in [-0.2, 0) is 27.9 Å². The molecule has 0 aliphatic carbocycles. The van der Waals surface area contributed by atoms with Gasteiger partial charge in [-0.3, -0.25) is 13.8 Å². The molecule has 9 heteroatoms. The Morgan fingerprint density at radius 2 is 0.951 bits per heavy atom. The van der Waals surface area contributed by atoms with Gasteiger partial charge in [-0.1, -0.05) is 196 Å². The molecule has 8 nitrogen and oxygen atoms in total. The molecule has 0 fully saturated rings. The summed E-state index contributed by atoms with van der Waals surface area (Å²) >= 11 is 0. The van der Waals surface area contributed by atoms with E-state index < -0.39 is 13.9 Å². The van der Waals surface area contributed by atoms with E-state index in [4.69, 9.17) is 18.5 Å². The van der Waals surface area contributed by atoms with Gasteiger partial charge in [0.15, 0.2) is 0 Å². The first-order valence-electron chi connectivity index (χ1n) is 24.7. The molecule has 2 atom stereocenters. The summed E-state index contributed by atoms with van der Waals surface area (Å²) in [6, 6.07) is 0. The number of carbonyl (C=O) groups is 1. The Morgan fingerprint density at radius 1 is 0.525 bits per heavy atom. The molecule has 0 aliphatic heterocycles. The van der Waals surface area contributed by atoms with E-state index in [-0.39, 0.29) is 25.8 Å². The normalized spacial score (nSPS) is 14.3. The second-order valence-electron chi connectivity index (χ2n) is 17.5. The first kappa shape index (κ1) is 58.9. The van der Waals surface area contributed by atoms with Gasteiger partial charge in [-0.15, -0.1) is 0 Å². The second kappa shape index (κ2) is 44.5. The maximum atomic E-state index is 12.7. The summed E-state index contributed by atoms with van der Waals surface area (Å²) in [6.45, 7) is 5.48. The van der Waals surface area contributed by atoms with Gasteiger partial charge < -0.3 is 18.9 Å². The van der Waals surface area contributed by atoms with Crippen LogP contribution in [0.4, 0.5) is 0 Å². The lowest BCUT2D eigenvalue weighted by atomic mass is 10.0. The highest BCUT2D eigenvalue weighted by molar-refractivity contribution is 7.47. The van der Waals surface area contributed by atoms with Gasteiger partial charge in [0.2, 0.25) is 0 Å². The fourth-order valence-corrected chi connectivity index (χ4v) is 7.24. The molecule has 0 spiro atoms. The molecule has 0 aromatic rings. The van der Waals surface area contributed by atoms with E-state index in [0.717, 1.165) is 83.5 Å². The summed E-state index contributed by atoms with van der Waals surface area (Å²) in [5, 5.41) is 0. The lowest BCUT2D eigenvalue weighted by Crippen LogP contribution is -2.37. The van der Waals surface area contributed by atoms with E-state index in [0.29, 0.717) is 24.1 Å². The zero-order valence-electron chi connectivity index (χ0n) is 40.1. The molecule has 0 bridgehead atoms. The van der Waals surface area contributed by atoms with Crippen molar-refractivity contribution in [2.24, 2.45) is 0 Å². The van der Waals surface area contributed by atoms with Gasteiger partial charge >= 0.3 is 13.8 Å². The third-order valence-electron chi connectivity index (χ3n) is 10.3. The van der Waals surface area contributed by atoms with Crippen LogP contribution in [0.2, 0.25) is 0 Å². The van der Waals surface area contributed by atoms with Crippen molar-refractivity contribution in [3.8, 4) is 0 Å². The Morgan fingerprint density at radius 3 is 1.43 bits per heavy atom. The molecular formula is C52H95NO7P+. The van der Waals surface area contributed by atoms with Crippen LogP contribution in [0.5, 0.6) is 0 Å². The van der Waals surface area contributed by atoms with Crippen molar-refractivity contribution >= 4 is 13.8 Å². The maximum Gasteiger partial charge on any atom is 0.472 e. The number of likely N-dealkylation sites (N-methyl/N-ethyl adjacent to an activating group) is 1. The van der Waals surface area contributed by atoms with E-state index in [1.165, 1.54) is 89.9 Å². The summed E-state index contributed by atoms with van der Waals surface area (Å²) < 4.78 is 35.1. The molecule has 354 valence electrons. The number of phosphoric ester groups is 1. The van der Waals surface area contributed by atoms with Crippen molar-refractivity contribution in [1.82, 2.24) is 0 Å². The molecule has 0 aliphatic rings. The predicted molar refractivity (Wildman–Crippen MR) is 261 cm³/mol. The highest BCUT2D eigenvalue weighted by atomic mass is 31.2. The van der Waals surface area contributed by atoms with E-state index in [1.807, 2.05) is 21.1 Å². The first-order valence-corrected chi connectivity index (χ1v) is 26.2. The van der Waals surface area contributed by atoms with Crippen LogP contribution < -0.4 is 0 Å². The second-order valence-corrected chi connectivity index (χ2v) is 18.9.